The first-order valence-electron chi connectivity index (χ1n) is 14.3. The van der Waals surface area contributed by atoms with Gasteiger partial charge in [-0.05, 0) is 50.2 Å². The van der Waals surface area contributed by atoms with Gasteiger partial charge in [0.1, 0.15) is 26.4 Å². The van der Waals surface area contributed by atoms with Gasteiger partial charge in [-0.2, -0.15) is 0 Å². The van der Waals surface area contributed by atoms with Crippen LogP contribution >= 0.6 is 34.0 Å². The van der Waals surface area contributed by atoms with E-state index in [1.54, 1.807) is 34.0 Å². The summed E-state index contributed by atoms with van der Waals surface area (Å²) in [7, 11) is 1.89. The van der Waals surface area contributed by atoms with Gasteiger partial charge in [0.05, 0.1) is 59.0 Å². The Kier molecular flexibility index (Phi) is 10.4. The van der Waals surface area contributed by atoms with Gasteiger partial charge in [-0.25, -0.2) is 8.42 Å². The lowest BCUT2D eigenvalue weighted by atomic mass is 10.1. The second kappa shape index (κ2) is 13.8. The molecule has 3 aromatic rings. The Balaban J connectivity index is 1.19. The molecule has 3 aromatic heterocycles. The van der Waals surface area contributed by atoms with Crippen molar-refractivity contribution < 1.29 is 41.1 Å². The molecule has 0 spiro atoms. The number of fused-ring (bicyclic) bond motifs is 2. The molecule has 2 aliphatic rings. The SMILES string of the molecule is C[N+](C)(C)CCCC(CCCCOCCc1cc(-c2scc3c2OCCO3)sc1-c1scc2c1OCCO2)S(=O)(=O)[O-]. The van der Waals surface area contributed by atoms with Gasteiger partial charge in [-0.3, -0.25) is 0 Å². The van der Waals surface area contributed by atoms with Crippen molar-refractivity contribution in [3.8, 4) is 42.5 Å². The van der Waals surface area contributed by atoms with Crippen molar-refractivity contribution >= 4 is 44.1 Å². The maximum Gasteiger partial charge on any atom is 0.180 e. The molecule has 232 valence electrons. The number of rotatable bonds is 15. The van der Waals surface area contributed by atoms with Gasteiger partial charge in [-0.1, -0.05) is 0 Å². The Morgan fingerprint density at radius 2 is 1.48 bits per heavy atom. The Labute approximate surface area is 260 Å². The number of hydrogen-bond acceptors (Lipinski definition) is 11. The molecule has 13 heteroatoms. The lowest BCUT2D eigenvalue weighted by molar-refractivity contribution is -0.870. The Morgan fingerprint density at radius 1 is 0.857 bits per heavy atom. The highest BCUT2D eigenvalue weighted by atomic mass is 32.2. The van der Waals surface area contributed by atoms with Crippen molar-refractivity contribution in [1.29, 1.82) is 0 Å². The molecule has 0 amide bonds. The third kappa shape index (κ3) is 7.99. The predicted molar refractivity (Wildman–Crippen MR) is 167 cm³/mol. The average molecular weight is 658 g/mol. The number of ether oxygens (including phenoxy) is 5. The second-order valence-corrected chi connectivity index (χ2v) is 16.0. The van der Waals surface area contributed by atoms with Gasteiger partial charge in [0.15, 0.2) is 23.0 Å². The lowest BCUT2D eigenvalue weighted by Crippen LogP contribution is -2.36. The third-order valence-corrected chi connectivity index (χ3v) is 11.9. The van der Waals surface area contributed by atoms with E-state index in [2.05, 4.69) is 27.2 Å². The predicted octanol–water partition coefficient (Wildman–Crippen LogP) is 5.88. The zero-order valence-corrected chi connectivity index (χ0v) is 27.6. The monoisotopic (exact) mass is 657 g/mol. The van der Waals surface area contributed by atoms with E-state index in [1.807, 2.05) is 10.8 Å². The zero-order chi connectivity index (χ0) is 29.7. The van der Waals surface area contributed by atoms with Crippen LogP contribution in [0.1, 0.15) is 37.7 Å². The molecule has 9 nitrogen and oxygen atoms in total. The van der Waals surface area contributed by atoms with Crippen LogP contribution in [0.25, 0.3) is 19.5 Å². The van der Waals surface area contributed by atoms with Gasteiger partial charge in [-0.15, -0.1) is 34.0 Å². The molecule has 0 radical (unpaired) electrons. The van der Waals surface area contributed by atoms with Crippen molar-refractivity contribution in [1.82, 2.24) is 0 Å². The molecule has 1 atom stereocenters. The molecule has 0 saturated carbocycles. The fraction of sp³-hybridized carbons (Fsp3) is 0.586. The zero-order valence-electron chi connectivity index (χ0n) is 24.3. The minimum atomic E-state index is -4.30. The number of thiophene rings is 3. The first kappa shape index (κ1) is 31.6. The quantitative estimate of drug-likeness (QED) is 0.114. The Bertz CT molecular complexity index is 1440. The molecule has 2 aliphatic heterocycles. The van der Waals surface area contributed by atoms with Crippen LogP contribution in [-0.2, 0) is 21.3 Å². The van der Waals surface area contributed by atoms with E-state index >= 15 is 0 Å². The largest absolute Gasteiger partial charge is 0.748 e. The molecular weight excluding hydrogens is 619 g/mol. The highest BCUT2D eigenvalue weighted by Crippen LogP contribution is 2.53. The van der Waals surface area contributed by atoms with Gasteiger partial charge in [0, 0.05) is 27.5 Å². The highest BCUT2D eigenvalue weighted by Gasteiger charge is 2.27. The van der Waals surface area contributed by atoms with Crippen LogP contribution in [0.3, 0.4) is 0 Å². The number of unbranched alkanes of at least 4 members (excludes halogenated alkanes) is 1. The summed E-state index contributed by atoms with van der Waals surface area (Å²) < 4.78 is 65.6. The molecule has 0 aliphatic carbocycles. The smallest absolute Gasteiger partial charge is 0.180 e. The summed E-state index contributed by atoms with van der Waals surface area (Å²) in [5, 5.41) is 3.18. The summed E-state index contributed by atoms with van der Waals surface area (Å²) in [5.74, 6) is 3.20. The minimum absolute atomic E-state index is 0.382. The fourth-order valence-corrected chi connectivity index (χ4v) is 9.34. The number of hydrogen-bond donors (Lipinski definition) is 0. The summed E-state index contributed by atoms with van der Waals surface area (Å²) >= 11 is 4.96. The van der Waals surface area contributed by atoms with Gasteiger partial charge in [0.25, 0.3) is 0 Å². The summed E-state index contributed by atoms with van der Waals surface area (Å²) in [6, 6.07) is 2.21. The summed E-state index contributed by atoms with van der Waals surface area (Å²) in [5.41, 5.74) is 1.17. The summed E-state index contributed by atoms with van der Waals surface area (Å²) in [6.07, 6.45) is 3.59. The molecule has 5 heterocycles. The van der Waals surface area contributed by atoms with E-state index in [4.69, 9.17) is 23.7 Å². The normalized spacial score (nSPS) is 15.6. The maximum atomic E-state index is 11.8. The van der Waals surface area contributed by atoms with Gasteiger partial charge in [0.2, 0.25) is 0 Å². The lowest BCUT2D eigenvalue weighted by Gasteiger charge is -2.26. The minimum Gasteiger partial charge on any atom is -0.748 e. The highest BCUT2D eigenvalue weighted by molar-refractivity contribution is 7.86. The molecular formula is C29H39NO8S4. The molecule has 0 aromatic carbocycles. The van der Waals surface area contributed by atoms with Crippen LogP contribution in [0.5, 0.6) is 23.0 Å². The number of nitrogens with zero attached hydrogens (tertiary/aromatic N) is 1. The second-order valence-electron chi connectivity index (χ2n) is 11.5. The van der Waals surface area contributed by atoms with E-state index in [1.165, 1.54) is 5.56 Å². The molecule has 1 unspecified atom stereocenters. The first-order valence-corrected chi connectivity index (χ1v) is 18.4. The van der Waals surface area contributed by atoms with Crippen molar-refractivity contribution in [2.45, 2.75) is 43.8 Å². The van der Waals surface area contributed by atoms with Gasteiger partial charge >= 0.3 is 0 Å². The standard InChI is InChI=1S/C29H39NO8S4/c1-30(2,3)10-6-8-21(42(31,32)33)7-4-5-11-34-12-9-20-17-24(28-25-22(18-39-28)35-13-15-37-25)41-27(20)29-26-23(19-40-29)36-14-16-38-26/h17-19,21H,4-16H2,1-3H3. The molecule has 0 bridgehead atoms. The molecule has 0 N–H and O–H groups in total. The van der Waals surface area contributed by atoms with E-state index in [0.29, 0.717) is 71.7 Å². The topological polar surface area (TPSA) is 103 Å². The van der Waals surface area contributed by atoms with E-state index in [-0.39, 0.29) is 0 Å². The van der Waals surface area contributed by atoms with Crippen LogP contribution in [0.2, 0.25) is 0 Å². The molecule has 0 saturated heterocycles. The van der Waals surface area contributed by atoms with Crippen molar-refractivity contribution in [3.05, 3.63) is 22.4 Å². The summed E-state index contributed by atoms with van der Waals surface area (Å²) in [6.45, 7) is 4.07. The van der Waals surface area contributed by atoms with Crippen LogP contribution in [0, 0.1) is 0 Å². The average Bonchev–Trinajstić information content (AvgIpc) is 3.66. The first-order chi connectivity index (χ1) is 20.1. The summed E-state index contributed by atoms with van der Waals surface area (Å²) in [4.78, 5) is 4.39. The van der Waals surface area contributed by atoms with Crippen LogP contribution in [0.15, 0.2) is 16.8 Å². The molecule has 42 heavy (non-hydrogen) atoms. The Morgan fingerprint density at radius 3 is 2.14 bits per heavy atom. The van der Waals surface area contributed by atoms with E-state index in [9.17, 15) is 13.0 Å². The fourth-order valence-electron chi connectivity index (χ4n) is 5.06. The maximum absolute atomic E-state index is 11.8. The van der Waals surface area contributed by atoms with Crippen molar-refractivity contribution in [2.24, 2.45) is 0 Å². The third-order valence-electron chi connectivity index (χ3n) is 7.19. The van der Waals surface area contributed by atoms with Crippen molar-refractivity contribution in [2.75, 3.05) is 67.3 Å². The van der Waals surface area contributed by atoms with Crippen LogP contribution < -0.4 is 18.9 Å². The molecule has 5 rings (SSSR count). The van der Waals surface area contributed by atoms with Gasteiger partial charge < -0.3 is 32.7 Å². The van der Waals surface area contributed by atoms with E-state index in [0.717, 1.165) is 60.0 Å². The van der Waals surface area contributed by atoms with Crippen molar-refractivity contribution in [3.63, 3.8) is 0 Å². The molecule has 0 fully saturated rings. The van der Waals surface area contributed by atoms with E-state index < -0.39 is 15.4 Å². The number of quaternary nitrogens is 1. The Hall–Kier alpha value is -1.87. The van der Waals surface area contributed by atoms with Crippen LogP contribution in [0.4, 0.5) is 0 Å². The van der Waals surface area contributed by atoms with Crippen LogP contribution in [-0.4, -0.2) is 90.0 Å².